The Morgan fingerprint density at radius 1 is 1.00 bits per heavy atom. The highest BCUT2D eigenvalue weighted by atomic mass is 19.4. The normalized spacial score (nSPS) is 12.8. The van der Waals surface area contributed by atoms with Crippen LogP contribution in [0.25, 0.3) is 0 Å². The summed E-state index contributed by atoms with van der Waals surface area (Å²) in [4.78, 5) is 12.4. The molecule has 1 heterocycles. The Labute approximate surface area is 161 Å². The van der Waals surface area contributed by atoms with Crippen molar-refractivity contribution in [2.45, 2.75) is 31.6 Å². The highest BCUT2D eigenvalue weighted by Crippen LogP contribution is 2.28. The quantitative estimate of drug-likeness (QED) is 0.688. The number of nitrogens with zero attached hydrogens (tertiary/aromatic N) is 2. The first kappa shape index (κ1) is 19.7. The molecule has 0 aliphatic carbocycles. The first-order valence-corrected chi connectivity index (χ1v) is 8.84. The van der Waals surface area contributed by atoms with E-state index in [0.717, 1.165) is 28.1 Å². The summed E-state index contributed by atoms with van der Waals surface area (Å²) >= 11 is 0. The Balaban J connectivity index is 1.74. The van der Waals surface area contributed by atoms with Crippen LogP contribution in [0.4, 0.5) is 13.2 Å². The summed E-state index contributed by atoms with van der Waals surface area (Å²) in [7, 11) is 0. The van der Waals surface area contributed by atoms with Gasteiger partial charge in [0.1, 0.15) is 6.54 Å². The zero-order valence-electron chi connectivity index (χ0n) is 15.2. The molecule has 3 rings (SSSR count). The van der Waals surface area contributed by atoms with Gasteiger partial charge in [0.05, 0.1) is 0 Å². The van der Waals surface area contributed by atoms with Gasteiger partial charge in [0.2, 0.25) is 5.91 Å². The van der Waals surface area contributed by atoms with Crippen molar-refractivity contribution >= 4 is 5.91 Å². The predicted octanol–water partition coefficient (Wildman–Crippen LogP) is 4.24. The molecule has 0 aliphatic heterocycles. The smallest absolute Gasteiger partial charge is 0.351 e. The number of aromatic nitrogens is 2. The molecule has 1 N–H and O–H groups in total. The highest BCUT2D eigenvalue weighted by Gasteiger charge is 2.33. The van der Waals surface area contributed by atoms with Gasteiger partial charge in [-0.3, -0.25) is 9.48 Å². The number of hydrogen-bond acceptors (Lipinski definition) is 2. The molecule has 1 unspecified atom stereocenters. The monoisotopic (exact) mass is 387 g/mol. The van der Waals surface area contributed by atoms with Gasteiger partial charge in [0, 0.05) is 18.2 Å². The van der Waals surface area contributed by atoms with E-state index >= 15 is 0 Å². The van der Waals surface area contributed by atoms with Gasteiger partial charge in [-0.25, -0.2) is 0 Å². The van der Waals surface area contributed by atoms with Crippen molar-refractivity contribution in [1.29, 1.82) is 0 Å². The van der Waals surface area contributed by atoms with Crippen LogP contribution in [0.5, 0.6) is 0 Å². The summed E-state index contributed by atoms with van der Waals surface area (Å²) in [6.07, 6.45) is -3.38. The second-order valence-electron chi connectivity index (χ2n) is 6.55. The van der Waals surface area contributed by atoms with Gasteiger partial charge in [0.15, 0.2) is 5.69 Å². The number of benzene rings is 2. The number of amides is 1. The fraction of sp³-hybridized carbons (Fsp3) is 0.238. The molecule has 1 aromatic heterocycles. The minimum absolute atomic E-state index is 0.0882. The second-order valence-corrected chi connectivity index (χ2v) is 6.55. The van der Waals surface area contributed by atoms with Crippen LogP contribution in [0.2, 0.25) is 0 Å². The molecule has 4 nitrogen and oxygen atoms in total. The second kappa shape index (κ2) is 8.29. The molecule has 3 aromatic rings. The Morgan fingerprint density at radius 2 is 1.54 bits per heavy atom. The summed E-state index contributed by atoms with van der Waals surface area (Å²) in [5.41, 5.74) is 1.07. The SMILES string of the molecule is CC(NC(=O)Cn1ccc(C(F)(F)F)n1)C(c1ccccc1)c1ccccc1. The number of hydrogen-bond donors (Lipinski definition) is 1. The fourth-order valence-electron chi connectivity index (χ4n) is 3.22. The van der Waals surface area contributed by atoms with Crippen molar-refractivity contribution in [3.63, 3.8) is 0 Å². The average Bonchev–Trinajstić information content (AvgIpc) is 3.12. The van der Waals surface area contributed by atoms with Gasteiger partial charge in [0.25, 0.3) is 0 Å². The lowest BCUT2D eigenvalue weighted by Gasteiger charge is -2.26. The standard InChI is InChI=1S/C21H20F3N3O/c1-15(25-19(28)14-27-13-12-18(26-27)21(22,23)24)20(16-8-4-2-5-9-16)17-10-6-3-7-11-17/h2-13,15,20H,14H2,1H3,(H,25,28). The van der Waals surface area contributed by atoms with Crippen LogP contribution >= 0.6 is 0 Å². The largest absolute Gasteiger partial charge is 0.435 e. The van der Waals surface area contributed by atoms with Crippen LogP contribution in [0.3, 0.4) is 0 Å². The molecular formula is C21H20F3N3O. The van der Waals surface area contributed by atoms with Crippen LogP contribution in [0, 0.1) is 0 Å². The number of halogens is 3. The van der Waals surface area contributed by atoms with Crippen LogP contribution in [0.15, 0.2) is 72.9 Å². The van der Waals surface area contributed by atoms with Gasteiger partial charge in [-0.2, -0.15) is 18.3 Å². The maximum absolute atomic E-state index is 12.7. The van der Waals surface area contributed by atoms with E-state index in [1.54, 1.807) is 0 Å². The predicted molar refractivity (Wildman–Crippen MR) is 99.6 cm³/mol. The van der Waals surface area contributed by atoms with Gasteiger partial charge in [-0.15, -0.1) is 0 Å². The molecule has 2 aromatic carbocycles. The molecule has 1 atom stereocenters. The van der Waals surface area contributed by atoms with E-state index in [4.69, 9.17) is 0 Å². The third-order valence-electron chi connectivity index (χ3n) is 4.44. The van der Waals surface area contributed by atoms with E-state index in [1.165, 1.54) is 0 Å². The number of nitrogens with one attached hydrogen (secondary N) is 1. The van der Waals surface area contributed by atoms with Gasteiger partial charge < -0.3 is 5.32 Å². The molecule has 0 fully saturated rings. The number of carbonyl (C=O) groups is 1. The van der Waals surface area contributed by atoms with Crippen molar-refractivity contribution in [1.82, 2.24) is 15.1 Å². The summed E-state index contributed by atoms with van der Waals surface area (Å²) in [5.74, 6) is -0.490. The molecular weight excluding hydrogens is 367 g/mol. The Kier molecular flexibility index (Phi) is 5.82. The fourth-order valence-corrected chi connectivity index (χ4v) is 3.22. The number of alkyl halides is 3. The third-order valence-corrected chi connectivity index (χ3v) is 4.44. The van der Waals surface area contributed by atoms with E-state index in [1.807, 2.05) is 67.6 Å². The minimum Gasteiger partial charge on any atom is -0.351 e. The van der Waals surface area contributed by atoms with Gasteiger partial charge in [-0.1, -0.05) is 60.7 Å². The zero-order chi connectivity index (χ0) is 20.1. The first-order chi connectivity index (χ1) is 13.3. The third kappa shape index (κ3) is 4.79. The van der Waals surface area contributed by atoms with Crippen molar-refractivity contribution in [3.8, 4) is 0 Å². The van der Waals surface area contributed by atoms with E-state index in [9.17, 15) is 18.0 Å². The molecule has 7 heteroatoms. The highest BCUT2D eigenvalue weighted by molar-refractivity contribution is 5.76. The van der Waals surface area contributed by atoms with Crippen LogP contribution in [-0.2, 0) is 17.5 Å². The maximum atomic E-state index is 12.7. The van der Waals surface area contributed by atoms with E-state index in [-0.39, 0.29) is 18.5 Å². The van der Waals surface area contributed by atoms with Gasteiger partial charge in [-0.05, 0) is 24.1 Å². The van der Waals surface area contributed by atoms with Crippen molar-refractivity contribution in [2.75, 3.05) is 0 Å². The summed E-state index contributed by atoms with van der Waals surface area (Å²) in [6.45, 7) is 1.60. The summed E-state index contributed by atoms with van der Waals surface area (Å²) in [5, 5.41) is 6.31. The molecule has 0 spiro atoms. The molecule has 0 saturated carbocycles. The molecule has 0 aliphatic rings. The van der Waals surface area contributed by atoms with E-state index < -0.39 is 17.8 Å². The van der Waals surface area contributed by atoms with Crippen molar-refractivity contribution in [3.05, 3.63) is 89.7 Å². The van der Waals surface area contributed by atoms with E-state index in [2.05, 4.69) is 10.4 Å². The lowest BCUT2D eigenvalue weighted by molar-refractivity contribution is -0.141. The minimum atomic E-state index is -4.53. The van der Waals surface area contributed by atoms with Crippen molar-refractivity contribution < 1.29 is 18.0 Å². The Bertz CT molecular complexity index is 868. The zero-order valence-corrected chi connectivity index (χ0v) is 15.2. The van der Waals surface area contributed by atoms with Crippen LogP contribution < -0.4 is 5.32 Å². The molecule has 0 saturated heterocycles. The molecule has 1 amide bonds. The van der Waals surface area contributed by atoms with Crippen molar-refractivity contribution in [2.24, 2.45) is 0 Å². The molecule has 146 valence electrons. The molecule has 28 heavy (non-hydrogen) atoms. The summed E-state index contributed by atoms with van der Waals surface area (Å²) < 4.78 is 39.0. The Hall–Kier alpha value is -3.09. The Morgan fingerprint density at radius 3 is 2.00 bits per heavy atom. The lowest BCUT2D eigenvalue weighted by atomic mass is 9.86. The first-order valence-electron chi connectivity index (χ1n) is 8.84. The summed E-state index contributed by atoms with van der Waals surface area (Å²) in [6, 6.07) is 20.1. The molecule has 0 bridgehead atoms. The van der Waals surface area contributed by atoms with Crippen LogP contribution in [-0.4, -0.2) is 21.7 Å². The molecule has 0 radical (unpaired) electrons. The van der Waals surface area contributed by atoms with Crippen LogP contribution in [0.1, 0.15) is 29.7 Å². The maximum Gasteiger partial charge on any atom is 0.435 e. The number of carbonyl (C=O) groups excluding carboxylic acids is 1. The van der Waals surface area contributed by atoms with E-state index in [0.29, 0.717) is 0 Å². The number of rotatable bonds is 6. The lowest BCUT2D eigenvalue weighted by Crippen LogP contribution is -2.39. The topological polar surface area (TPSA) is 46.9 Å². The average molecular weight is 387 g/mol. The van der Waals surface area contributed by atoms with Gasteiger partial charge >= 0.3 is 6.18 Å².